The molecule has 3 heterocycles. The summed E-state index contributed by atoms with van der Waals surface area (Å²) in [5.41, 5.74) is 4.12. The second kappa shape index (κ2) is 8.83. The molecule has 2 fully saturated rings. The van der Waals surface area contributed by atoms with Crippen molar-refractivity contribution < 1.29 is 14.3 Å². The lowest BCUT2D eigenvalue weighted by molar-refractivity contribution is -0.143. The lowest BCUT2D eigenvalue weighted by Gasteiger charge is -2.42. The van der Waals surface area contributed by atoms with Crippen LogP contribution in [-0.4, -0.2) is 48.2 Å². The summed E-state index contributed by atoms with van der Waals surface area (Å²) in [6, 6.07) is 14.5. The molecule has 2 aromatic carbocycles. The quantitative estimate of drug-likeness (QED) is 0.559. The minimum Gasteiger partial charge on any atom is -0.467 e. The monoisotopic (exact) mass is 450 g/mol. The Morgan fingerprint density at radius 3 is 2.44 bits per heavy atom. The van der Waals surface area contributed by atoms with Crippen LogP contribution < -0.4 is 4.74 Å². The Labute approximate surface area is 193 Å². The molecule has 1 aromatic heterocycles. The summed E-state index contributed by atoms with van der Waals surface area (Å²) in [5, 5.41) is 0.743. The van der Waals surface area contributed by atoms with Crippen LogP contribution in [0.2, 0.25) is 0 Å². The number of amides is 1. The van der Waals surface area contributed by atoms with Gasteiger partial charge in [-0.15, -0.1) is 0 Å². The molecule has 2 saturated heterocycles. The molecule has 0 radical (unpaired) electrons. The van der Waals surface area contributed by atoms with E-state index in [9.17, 15) is 4.79 Å². The van der Waals surface area contributed by atoms with Gasteiger partial charge >= 0.3 is 0 Å². The summed E-state index contributed by atoms with van der Waals surface area (Å²) < 4.78 is 13.1. The molecule has 0 spiro atoms. The van der Waals surface area contributed by atoms with Crippen molar-refractivity contribution in [2.75, 3.05) is 26.3 Å². The molecule has 2 aliphatic heterocycles. The van der Waals surface area contributed by atoms with E-state index in [-0.39, 0.29) is 12.0 Å². The van der Waals surface area contributed by atoms with Crippen LogP contribution in [0, 0.1) is 13.8 Å². The van der Waals surface area contributed by atoms with E-state index in [1.54, 1.807) is 11.3 Å². The summed E-state index contributed by atoms with van der Waals surface area (Å²) in [6.07, 6.45) is 3.26. The number of piperidine rings is 1. The zero-order valence-corrected chi connectivity index (χ0v) is 19.6. The summed E-state index contributed by atoms with van der Waals surface area (Å²) in [5.74, 6) is 0.247. The van der Waals surface area contributed by atoms with Crippen molar-refractivity contribution >= 4 is 27.5 Å². The van der Waals surface area contributed by atoms with Crippen LogP contribution in [0.1, 0.15) is 42.4 Å². The molecule has 0 N–H and O–H groups in total. The Morgan fingerprint density at radius 1 is 1.06 bits per heavy atom. The number of carbonyl (C=O) groups is 1. The van der Waals surface area contributed by atoms with Gasteiger partial charge in [-0.25, -0.2) is 4.98 Å². The standard InChI is InChI=1S/C26H30N2O3S/c1-18-8-9-19(2)23-22(18)27-25(32-23)31-21-10-14-28(15-11-21)24(29)26(12-16-30-17-13-26)20-6-4-3-5-7-20/h3-9,21H,10-17H2,1-2H3. The summed E-state index contributed by atoms with van der Waals surface area (Å²) in [7, 11) is 0. The first-order valence-electron chi connectivity index (χ1n) is 11.5. The number of rotatable bonds is 4. The zero-order chi connectivity index (χ0) is 22.1. The van der Waals surface area contributed by atoms with Crippen LogP contribution in [0.5, 0.6) is 5.19 Å². The molecule has 3 aromatic rings. The average Bonchev–Trinajstić information content (AvgIpc) is 3.28. The van der Waals surface area contributed by atoms with Crippen LogP contribution in [-0.2, 0) is 14.9 Å². The first-order chi connectivity index (χ1) is 15.6. The van der Waals surface area contributed by atoms with Gasteiger partial charge in [-0.3, -0.25) is 4.79 Å². The Balaban J connectivity index is 1.27. The maximum Gasteiger partial charge on any atom is 0.274 e. The van der Waals surface area contributed by atoms with Crippen molar-refractivity contribution in [3.63, 3.8) is 0 Å². The molecule has 6 heteroatoms. The minimum atomic E-state index is -0.463. The molecule has 5 nitrogen and oxygen atoms in total. The number of aromatic nitrogens is 1. The number of fused-ring (bicyclic) bond motifs is 1. The predicted molar refractivity (Wildman–Crippen MR) is 127 cm³/mol. The lowest BCUT2D eigenvalue weighted by atomic mass is 9.72. The fourth-order valence-corrected chi connectivity index (χ4v) is 6.04. The number of aryl methyl sites for hydroxylation is 2. The molecule has 0 bridgehead atoms. The van der Waals surface area contributed by atoms with Crippen LogP contribution in [0.15, 0.2) is 42.5 Å². The molecular formula is C26H30N2O3S. The van der Waals surface area contributed by atoms with Crippen molar-refractivity contribution in [2.24, 2.45) is 0 Å². The molecule has 0 saturated carbocycles. The Kier molecular flexibility index (Phi) is 5.91. The second-order valence-corrected chi connectivity index (χ2v) is 9.99. The highest BCUT2D eigenvalue weighted by Crippen LogP contribution is 2.38. The number of ether oxygens (including phenoxy) is 2. The van der Waals surface area contributed by atoms with Gasteiger partial charge in [-0.2, -0.15) is 0 Å². The smallest absolute Gasteiger partial charge is 0.274 e. The topological polar surface area (TPSA) is 51.7 Å². The molecule has 2 aliphatic rings. The first kappa shape index (κ1) is 21.4. The van der Waals surface area contributed by atoms with Gasteiger partial charge in [0.05, 0.1) is 15.6 Å². The molecule has 1 amide bonds. The van der Waals surface area contributed by atoms with Crippen LogP contribution in [0.4, 0.5) is 0 Å². The van der Waals surface area contributed by atoms with Crippen molar-refractivity contribution in [1.82, 2.24) is 9.88 Å². The van der Waals surface area contributed by atoms with E-state index in [0.29, 0.717) is 13.2 Å². The number of hydrogen-bond acceptors (Lipinski definition) is 5. The SMILES string of the molecule is Cc1ccc(C)c2sc(OC3CCN(C(=O)C4(c5ccccc5)CCOCC4)CC3)nc12. The van der Waals surface area contributed by atoms with Crippen LogP contribution in [0.25, 0.3) is 10.2 Å². The van der Waals surface area contributed by atoms with Crippen molar-refractivity contribution in [3.05, 3.63) is 59.2 Å². The van der Waals surface area contributed by atoms with Crippen LogP contribution >= 0.6 is 11.3 Å². The normalized spacial score (nSPS) is 19.2. The van der Waals surface area contributed by atoms with Gasteiger partial charge in [0.1, 0.15) is 6.10 Å². The van der Waals surface area contributed by atoms with E-state index >= 15 is 0 Å². The van der Waals surface area contributed by atoms with Gasteiger partial charge in [-0.05, 0) is 43.4 Å². The van der Waals surface area contributed by atoms with E-state index in [2.05, 4.69) is 38.1 Å². The molecule has 0 aliphatic carbocycles. The molecule has 168 valence electrons. The third-order valence-electron chi connectivity index (χ3n) is 7.00. The fraction of sp³-hybridized carbons (Fsp3) is 0.462. The molecule has 0 atom stereocenters. The van der Waals surface area contributed by atoms with Crippen LogP contribution in [0.3, 0.4) is 0 Å². The third-order valence-corrected chi connectivity index (χ3v) is 8.08. The third kappa shape index (κ3) is 3.90. The highest BCUT2D eigenvalue weighted by molar-refractivity contribution is 7.20. The number of benzene rings is 2. The summed E-state index contributed by atoms with van der Waals surface area (Å²) >= 11 is 1.63. The number of thiazole rings is 1. The zero-order valence-electron chi connectivity index (χ0n) is 18.8. The highest BCUT2D eigenvalue weighted by Gasteiger charge is 2.44. The Morgan fingerprint density at radius 2 is 1.75 bits per heavy atom. The van der Waals surface area contributed by atoms with Gasteiger partial charge in [0.15, 0.2) is 0 Å². The van der Waals surface area contributed by atoms with E-state index in [1.165, 1.54) is 15.8 Å². The van der Waals surface area contributed by atoms with E-state index in [4.69, 9.17) is 14.5 Å². The molecule has 0 unspecified atom stereocenters. The number of nitrogens with zero attached hydrogens (tertiary/aromatic N) is 2. The predicted octanol–water partition coefficient (Wildman–Crippen LogP) is 5.03. The van der Waals surface area contributed by atoms with Crippen molar-refractivity contribution in [3.8, 4) is 5.19 Å². The van der Waals surface area contributed by atoms with Gasteiger partial charge < -0.3 is 14.4 Å². The number of likely N-dealkylation sites (tertiary alicyclic amines) is 1. The van der Waals surface area contributed by atoms with Crippen molar-refractivity contribution in [2.45, 2.75) is 51.0 Å². The number of carbonyl (C=O) groups excluding carboxylic acids is 1. The fourth-order valence-electron chi connectivity index (χ4n) is 5.02. The van der Waals surface area contributed by atoms with Crippen molar-refractivity contribution in [1.29, 1.82) is 0 Å². The van der Waals surface area contributed by atoms with E-state index < -0.39 is 5.41 Å². The Hall–Kier alpha value is -2.44. The molecule has 5 rings (SSSR count). The average molecular weight is 451 g/mol. The maximum absolute atomic E-state index is 13.8. The van der Waals surface area contributed by atoms with Gasteiger partial charge in [0.2, 0.25) is 5.91 Å². The molecule has 32 heavy (non-hydrogen) atoms. The van der Waals surface area contributed by atoms with Gasteiger partial charge in [-0.1, -0.05) is 53.8 Å². The highest BCUT2D eigenvalue weighted by atomic mass is 32.1. The maximum atomic E-state index is 13.8. The lowest BCUT2D eigenvalue weighted by Crippen LogP contribution is -2.53. The Bertz CT molecular complexity index is 1060. The minimum absolute atomic E-state index is 0.0996. The van der Waals surface area contributed by atoms with E-state index in [0.717, 1.165) is 55.0 Å². The first-order valence-corrected chi connectivity index (χ1v) is 12.3. The van der Waals surface area contributed by atoms with Gasteiger partial charge in [0.25, 0.3) is 5.19 Å². The number of hydrogen-bond donors (Lipinski definition) is 0. The summed E-state index contributed by atoms with van der Waals surface area (Å²) in [4.78, 5) is 20.5. The second-order valence-electron chi connectivity index (χ2n) is 9.03. The van der Waals surface area contributed by atoms with E-state index in [1.807, 2.05) is 23.1 Å². The largest absolute Gasteiger partial charge is 0.467 e. The molecular weight excluding hydrogens is 420 g/mol. The summed E-state index contributed by atoms with van der Waals surface area (Å²) in [6.45, 7) is 6.93. The van der Waals surface area contributed by atoms with Gasteiger partial charge in [0, 0.05) is 39.1 Å².